The van der Waals surface area contributed by atoms with Gasteiger partial charge >= 0.3 is 0 Å². The van der Waals surface area contributed by atoms with E-state index >= 15 is 0 Å². The van der Waals surface area contributed by atoms with Crippen molar-refractivity contribution in [1.29, 1.82) is 0 Å². The largest absolute Gasteiger partial charge is 0.488 e. The van der Waals surface area contributed by atoms with Gasteiger partial charge in [-0.25, -0.2) is 9.66 Å². The SMILES string of the molecule is Cc1cn(N=Cc2cc(Br)ccc2OCc2ccc(Cl)c(Cl)c2)c(N)n1. The molecule has 3 rings (SSSR count). The quantitative estimate of drug-likeness (QED) is 0.532. The Bertz CT molecular complexity index is 972. The van der Waals surface area contributed by atoms with Crippen LogP contribution in [0.15, 0.2) is 52.2 Å². The van der Waals surface area contributed by atoms with E-state index in [0.717, 1.165) is 21.3 Å². The van der Waals surface area contributed by atoms with Crippen molar-refractivity contribution in [2.45, 2.75) is 13.5 Å². The molecular formula is C18H15BrCl2N4O. The average Bonchev–Trinajstić information content (AvgIpc) is 2.92. The number of aryl methyl sites for hydroxylation is 1. The Hall–Kier alpha value is -2.02. The maximum Gasteiger partial charge on any atom is 0.221 e. The molecule has 2 N–H and O–H groups in total. The zero-order valence-corrected chi connectivity index (χ0v) is 16.9. The number of rotatable bonds is 5. The molecule has 0 saturated heterocycles. The molecule has 0 aliphatic heterocycles. The summed E-state index contributed by atoms with van der Waals surface area (Å²) >= 11 is 15.4. The lowest BCUT2D eigenvalue weighted by Gasteiger charge is -2.10. The molecule has 1 heterocycles. The van der Waals surface area contributed by atoms with Crippen LogP contribution in [0.25, 0.3) is 0 Å². The van der Waals surface area contributed by atoms with Gasteiger partial charge in [0.25, 0.3) is 0 Å². The highest BCUT2D eigenvalue weighted by molar-refractivity contribution is 9.10. The fourth-order valence-electron chi connectivity index (χ4n) is 2.26. The van der Waals surface area contributed by atoms with Crippen molar-refractivity contribution in [3.63, 3.8) is 0 Å². The molecule has 0 aliphatic rings. The Labute approximate surface area is 169 Å². The van der Waals surface area contributed by atoms with Gasteiger partial charge in [-0.3, -0.25) is 0 Å². The molecule has 0 spiro atoms. The van der Waals surface area contributed by atoms with Crippen LogP contribution in [0.4, 0.5) is 5.95 Å². The number of hydrogen-bond acceptors (Lipinski definition) is 4. The maximum atomic E-state index is 6.05. The van der Waals surface area contributed by atoms with Crippen molar-refractivity contribution < 1.29 is 4.74 Å². The molecule has 0 fully saturated rings. The highest BCUT2D eigenvalue weighted by Crippen LogP contribution is 2.25. The van der Waals surface area contributed by atoms with Gasteiger partial charge in [-0.15, -0.1) is 0 Å². The topological polar surface area (TPSA) is 65.4 Å². The molecule has 0 amide bonds. The lowest BCUT2D eigenvalue weighted by atomic mass is 10.2. The molecule has 8 heteroatoms. The fraction of sp³-hybridized carbons (Fsp3) is 0.111. The number of benzene rings is 2. The summed E-state index contributed by atoms with van der Waals surface area (Å²) in [6.45, 7) is 2.21. The molecule has 134 valence electrons. The third-order valence-corrected chi connectivity index (χ3v) is 4.74. The van der Waals surface area contributed by atoms with Crippen molar-refractivity contribution in [2.75, 3.05) is 5.73 Å². The van der Waals surface area contributed by atoms with Gasteiger partial charge in [0.2, 0.25) is 5.95 Å². The first-order valence-corrected chi connectivity index (χ1v) is 9.19. The van der Waals surface area contributed by atoms with E-state index in [4.69, 9.17) is 33.7 Å². The van der Waals surface area contributed by atoms with Gasteiger partial charge in [-0.2, -0.15) is 5.10 Å². The maximum absolute atomic E-state index is 6.05. The van der Waals surface area contributed by atoms with Crippen molar-refractivity contribution >= 4 is 51.3 Å². The molecule has 0 atom stereocenters. The van der Waals surface area contributed by atoms with Gasteiger partial charge in [0.15, 0.2) is 0 Å². The number of imidazole rings is 1. The summed E-state index contributed by atoms with van der Waals surface area (Å²) in [4.78, 5) is 4.12. The van der Waals surface area contributed by atoms with Crippen molar-refractivity contribution in [1.82, 2.24) is 9.66 Å². The average molecular weight is 454 g/mol. The van der Waals surface area contributed by atoms with E-state index < -0.39 is 0 Å². The van der Waals surface area contributed by atoms with Crippen molar-refractivity contribution in [2.24, 2.45) is 5.10 Å². The summed E-state index contributed by atoms with van der Waals surface area (Å²) < 4.78 is 8.35. The van der Waals surface area contributed by atoms with Gasteiger partial charge in [-0.05, 0) is 42.8 Å². The minimum atomic E-state index is 0.326. The summed E-state index contributed by atoms with van der Waals surface area (Å²) in [6.07, 6.45) is 3.42. The fourth-order valence-corrected chi connectivity index (χ4v) is 2.96. The molecular weight excluding hydrogens is 439 g/mol. The van der Waals surface area contributed by atoms with Crippen LogP contribution >= 0.6 is 39.1 Å². The molecule has 26 heavy (non-hydrogen) atoms. The number of aromatic nitrogens is 2. The van der Waals surface area contributed by atoms with E-state index in [-0.39, 0.29) is 0 Å². The highest BCUT2D eigenvalue weighted by atomic mass is 79.9. The van der Waals surface area contributed by atoms with E-state index in [2.05, 4.69) is 26.0 Å². The minimum Gasteiger partial charge on any atom is -0.488 e. The van der Waals surface area contributed by atoms with Gasteiger partial charge in [-0.1, -0.05) is 45.2 Å². The number of ether oxygens (including phenoxy) is 1. The monoisotopic (exact) mass is 452 g/mol. The Morgan fingerprint density at radius 2 is 2.04 bits per heavy atom. The Kier molecular flexibility index (Phi) is 5.86. The van der Waals surface area contributed by atoms with E-state index in [9.17, 15) is 0 Å². The summed E-state index contributed by atoms with van der Waals surface area (Å²) in [5.41, 5.74) is 8.32. The van der Waals surface area contributed by atoms with Gasteiger partial charge in [0, 0.05) is 10.0 Å². The predicted octanol–water partition coefficient (Wildman–Crippen LogP) is 5.30. The van der Waals surface area contributed by atoms with Crippen LogP contribution in [-0.2, 0) is 6.61 Å². The first-order chi connectivity index (χ1) is 12.4. The van der Waals surface area contributed by atoms with Crippen molar-refractivity contribution in [3.8, 4) is 5.75 Å². The number of anilines is 1. The second kappa shape index (κ2) is 8.12. The minimum absolute atomic E-state index is 0.326. The first kappa shape index (κ1) is 18.8. The highest BCUT2D eigenvalue weighted by Gasteiger charge is 2.06. The van der Waals surface area contributed by atoms with Gasteiger partial charge < -0.3 is 10.5 Å². The van der Waals surface area contributed by atoms with Gasteiger partial charge in [0.1, 0.15) is 12.4 Å². The Balaban J connectivity index is 1.81. The van der Waals surface area contributed by atoms with E-state index in [1.54, 1.807) is 24.5 Å². The molecule has 0 aliphatic carbocycles. The molecule has 0 bridgehead atoms. The van der Waals surface area contributed by atoms with Crippen molar-refractivity contribution in [3.05, 3.63) is 73.9 Å². The van der Waals surface area contributed by atoms with Gasteiger partial charge in [0.05, 0.1) is 28.2 Å². The van der Waals surface area contributed by atoms with E-state index in [1.165, 1.54) is 4.68 Å². The third kappa shape index (κ3) is 4.58. The standard InChI is InChI=1S/C18H15BrCl2N4O/c1-11-9-25(18(22)24-11)23-8-13-7-14(19)3-5-17(13)26-10-12-2-4-15(20)16(21)6-12/h2-9H,10H2,1H3,(H2,22,24). The molecule has 0 saturated carbocycles. The predicted molar refractivity (Wildman–Crippen MR) is 109 cm³/mol. The zero-order valence-electron chi connectivity index (χ0n) is 13.8. The number of nitrogens with zero attached hydrogens (tertiary/aromatic N) is 3. The number of nitrogens with two attached hydrogens (primary N) is 1. The summed E-state index contributed by atoms with van der Waals surface area (Å²) in [6, 6.07) is 11.1. The zero-order chi connectivity index (χ0) is 18.7. The van der Waals surface area contributed by atoms with Crippen LogP contribution in [0.3, 0.4) is 0 Å². The van der Waals surface area contributed by atoms with Crippen LogP contribution in [0.1, 0.15) is 16.8 Å². The summed E-state index contributed by atoms with van der Waals surface area (Å²) in [5, 5.41) is 5.35. The van der Waals surface area contributed by atoms with Crippen LogP contribution in [0.2, 0.25) is 10.0 Å². The second-order valence-corrected chi connectivity index (χ2v) is 7.28. The number of nitrogen functional groups attached to an aromatic ring is 1. The van der Waals surface area contributed by atoms with E-state index in [0.29, 0.717) is 28.3 Å². The molecule has 1 aromatic heterocycles. The van der Waals surface area contributed by atoms with Crippen LogP contribution < -0.4 is 10.5 Å². The Morgan fingerprint density at radius 3 is 2.73 bits per heavy atom. The van der Waals surface area contributed by atoms with Crippen LogP contribution in [0.5, 0.6) is 5.75 Å². The van der Waals surface area contributed by atoms with Crippen LogP contribution in [0, 0.1) is 6.92 Å². The molecule has 2 aromatic carbocycles. The normalized spacial score (nSPS) is 11.2. The number of hydrogen-bond donors (Lipinski definition) is 1. The summed E-state index contributed by atoms with van der Waals surface area (Å²) in [5.74, 6) is 1.01. The number of halogens is 3. The lowest BCUT2D eigenvalue weighted by Crippen LogP contribution is -2.00. The lowest BCUT2D eigenvalue weighted by molar-refractivity contribution is 0.306. The summed E-state index contributed by atoms with van der Waals surface area (Å²) in [7, 11) is 0. The molecule has 0 radical (unpaired) electrons. The first-order valence-electron chi connectivity index (χ1n) is 7.64. The van der Waals surface area contributed by atoms with E-state index in [1.807, 2.05) is 31.2 Å². The second-order valence-electron chi connectivity index (χ2n) is 5.55. The molecule has 3 aromatic rings. The van der Waals surface area contributed by atoms with Crippen LogP contribution in [-0.4, -0.2) is 15.9 Å². The third-order valence-electron chi connectivity index (χ3n) is 3.51. The molecule has 5 nitrogen and oxygen atoms in total. The smallest absolute Gasteiger partial charge is 0.221 e. The molecule has 0 unspecified atom stereocenters. The Morgan fingerprint density at radius 1 is 1.23 bits per heavy atom.